The second kappa shape index (κ2) is 5.01. The van der Waals surface area contributed by atoms with Crippen molar-refractivity contribution in [3.8, 4) is 0 Å². The zero-order valence-corrected chi connectivity index (χ0v) is 9.24. The summed E-state index contributed by atoms with van der Waals surface area (Å²) < 4.78 is 25.6. The summed E-state index contributed by atoms with van der Waals surface area (Å²) in [6.07, 6.45) is 1.42. The molecule has 0 aliphatic rings. The summed E-state index contributed by atoms with van der Waals surface area (Å²) in [4.78, 5) is 4.00. The Labute approximate surface area is 97.1 Å². The summed E-state index contributed by atoms with van der Waals surface area (Å²) in [6, 6.07) is 3.80. The Morgan fingerprint density at radius 1 is 1.35 bits per heavy atom. The molecule has 0 bridgehead atoms. The van der Waals surface area contributed by atoms with Crippen LogP contribution in [0.15, 0.2) is 24.5 Å². The van der Waals surface area contributed by atoms with Crippen molar-refractivity contribution in [3.05, 3.63) is 47.5 Å². The summed E-state index contributed by atoms with van der Waals surface area (Å²) >= 11 is 0. The van der Waals surface area contributed by atoms with Gasteiger partial charge in [0.05, 0.1) is 6.04 Å². The summed E-state index contributed by atoms with van der Waals surface area (Å²) in [5.41, 5.74) is 0.676. The Hall–Kier alpha value is -1.82. The van der Waals surface area contributed by atoms with E-state index in [1.807, 2.05) is 6.92 Å². The van der Waals surface area contributed by atoms with Gasteiger partial charge in [0.2, 0.25) is 0 Å². The molecule has 4 nitrogen and oxygen atoms in total. The van der Waals surface area contributed by atoms with Gasteiger partial charge in [0.15, 0.2) is 11.6 Å². The number of halogens is 2. The lowest BCUT2D eigenvalue weighted by atomic mass is 10.2. The predicted molar refractivity (Wildman–Crippen MR) is 58.0 cm³/mol. The number of hydrogen-bond donors (Lipinski definition) is 2. The van der Waals surface area contributed by atoms with Crippen molar-refractivity contribution in [2.24, 2.45) is 0 Å². The Morgan fingerprint density at radius 3 is 2.82 bits per heavy atom. The number of aromatic nitrogens is 3. The second-order valence-electron chi connectivity index (χ2n) is 3.72. The van der Waals surface area contributed by atoms with Gasteiger partial charge in [-0.25, -0.2) is 13.8 Å². The number of H-pyrrole nitrogens is 1. The summed E-state index contributed by atoms with van der Waals surface area (Å²) in [7, 11) is 0. The van der Waals surface area contributed by atoms with Gasteiger partial charge in [0.1, 0.15) is 12.2 Å². The molecule has 1 unspecified atom stereocenters. The molecule has 1 aromatic heterocycles. The van der Waals surface area contributed by atoms with Gasteiger partial charge < -0.3 is 5.32 Å². The molecule has 2 aromatic rings. The van der Waals surface area contributed by atoms with E-state index < -0.39 is 11.6 Å². The van der Waals surface area contributed by atoms with Crippen LogP contribution in [0.1, 0.15) is 24.4 Å². The lowest BCUT2D eigenvalue weighted by molar-refractivity contribution is 0.502. The van der Waals surface area contributed by atoms with E-state index in [2.05, 4.69) is 20.5 Å². The van der Waals surface area contributed by atoms with Gasteiger partial charge >= 0.3 is 0 Å². The van der Waals surface area contributed by atoms with E-state index >= 15 is 0 Å². The van der Waals surface area contributed by atoms with E-state index in [4.69, 9.17) is 0 Å². The van der Waals surface area contributed by atoms with Gasteiger partial charge in [-0.1, -0.05) is 6.07 Å². The first-order valence-electron chi connectivity index (χ1n) is 5.19. The average Bonchev–Trinajstić information content (AvgIpc) is 2.84. The Bertz CT molecular complexity index is 484. The largest absolute Gasteiger partial charge is 0.303 e. The molecule has 6 heteroatoms. The maximum atomic E-state index is 12.9. The maximum Gasteiger partial charge on any atom is 0.159 e. The van der Waals surface area contributed by atoms with E-state index in [1.54, 1.807) is 6.07 Å². The Kier molecular flexibility index (Phi) is 3.43. The monoisotopic (exact) mass is 238 g/mol. The van der Waals surface area contributed by atoms with Crippen molar-refractivity contribution in [1.82, 2.24) is 20.5 Å². The average molecular weight is 238 g/mol. The van der Waals surface area contributed by atoms with Crippen LogP contribution in [0.4, 0.5) is 8.78 Å². The van der Waals surface area contributed by atoms with Crippen molar-refractivity contribution in [2.75, 3.05) is 0 Å². The number of nitrogens with zero attached hydrogens (tertiary/aromatic N) is 2. The predicted octanol–water partition coefficient (Wildman–Crippen LogP) is 1.93. The standard InChI is InChI=1S/C11H12F2N4/c1-7(11-15-6-16-17-11)14-5-8-2-3-9(12)10(13)4-8/h2-4,6-7,14H,5H2,1H3,(H,15,16,17). The molecule has 1 heterocycles. The number of aromatic amines is 1. The van der Waals surface area contributed by atoms with Crippen LogP contribution in [0.5, 0.6) is 0 Å². The van der Waals surface area contributed by atoms with Gasteiger partial charge in [-0.05, 0) is 24.6 Å². The van der Waals surface area contributed by atoms with Gasteiger partial charge in [-0.3, -0.25) is 5.10 Å². The zero-order chi connectivity index (χ0) is 12.3. The molecule has 0 aliphatic carbocycles. The van der Waals surface area contributed by atoms with Gasteiger partial charge in [-0.15, -0.1) is 0 Å². The molecule has 0 amide bonds. The van der Waals surface area contributed by atoms with Gasteiger partial charge in [0.25, 0.3) is 0 Å². The highest BCUT2D eigenvalue weighted by atomic mass is 19.2. The fourth-order valence-electron chi connectivity index (χ4n) is 1.44. The minimum Gasteiger partial charge on any atom is -0.303 e. The van der Waals surface area contributed by atoms with E-state index in [0.29, 0.717) is 17.9 Å². The molecule has 90 valence electrons. The lowest BCUT2D eigenvalue weighted by Crippen LogP contribution is -2.19. The first-order valence-corrected chi connectivity index (χ1v) is 5.19. The molecule has 2 rings (SSSR count). The van der Waals surface area contributed by atoms with Crippen LogP contribution in [0, 0.1) is 11.6 Å². The van der Waals surface area contributed by atoms with Crippen LogP contribution in [0.2, 0.25) is 0 Å². The summed E-state index contributed by atoms with van der Waals surface area (Å²) in [5.74, 6) is -0.971. The van der Waals surface area contributed by atoms with E-state index in [-0.39, 0.29) is 6.04 Å². The van der Waals surface area contributed by atoms with Crippen molar-refractivity contribution in [3.63, 3.8) is 0 Å². The maximum absolute atomic E-state index is 12.9. The highest BCUT2D eigenvalue weighted by Gasteiger charge is 2.08. The normalized spacial score (nSPS) is 12.6. The lowest BCUT2D eigenvalue weighted by Gasteiger charge is -2.10. The van der Waals surface area contributed by atoms with E-state index in [1.165, 1.54) is 12.4 Å². The first kappa shape index (κ1) is 11.7. The van der Waals surface area contributed by atoms with Gasteiger partial charge in [-0.2, -0.15) is 5.10 Å². The highest BCUT2D eigenvalue weighted by Crippen LogP contribution is 2.10. The third kappa shape index (κ3) is 2.85. The smallest absolute Gasteiger partial charge is 0.159 e. The number of benzene rings is 1. The quantitative estimate of drug-likeness (QED) is 0.855. The Balaban J connectivity index is 1.96. The number of rotatable bonds is 4. The molecule has 0 spiro atoms. The van der Waals surface area contributed by atoms with E-state index in [9.17, 15) is 8.78 Å². The summed E-state index contributed by atoms with van der Waals surface area (Å²) in [5, 5.41) is 9.60. The minimum absolute atomic E-state index is 0.0365. The molecule has 17 heavy (non-hydrogen) atoms. The van der Waals surface area contributed by atoms with Crippen molar-refractivity contribution in [2.45, 2.75) is 19.5 Å². The molecular weight excluding hydrogens is 226 g/mol. The van der Waals surface area contributed by atoms with E-state index in [0.717, 1.165) is 6.07 Å². The molecule has 2 N–H and O–H groups in total. The van der Waals surface area contributed by atoms with Crippen molar-refractivity contribution in [1.29, 1.82) is 0 Å². The SMILES string of the molecule is CC(NCc1ccc(F)c(F)c1)c1ncn[nH]1. The van der Waals surface area contributed by atoms with Crippen LogP contribution < -0.4 is 5.32 Å². The van der Waals surface area contributed by atoms with Crippen LogP contribution in [-0.4, -0.2) is 15.2 Å². The fourth-order valence-corrected chi connectivity index (χ4v) is 1.44. The zero-order valence-electron chi connectivity index (χ0n) is 9.24. The molecule has 1 aromatic carbocycles. The second-order valence-corrected chi connectivity index (χ2v) is 3.72. The number of nitrogens with one attached hydrogen (secondary N) is 2. The molecule has 1 atom stereocenters. The van der Waals surface area contributed by atoms with Crippen LogP contribution in [-0.2, 0) is 6.54 Å². The topological polar surface area (TPSA) is 53.6 Å². The number of hydrogen-bond acceptors (Lipinski definition) is 3. The third-order valence-electron chi connectivity index (χ3n) is 2.44. The summed E-state index contributed by atoms with van der Waals surface area (Å²) in [6.45, 7) is 2.33. The first-order chi connectivity index (χ1) is 8.16. The fraction of sp³-hybridized carbons (Fsp3) is 0.273. The van der Waals surface area contributed by atoms with Gasteiger partial charge in [0, 0.05) is 6.54 Å². The molecule has 0 saturated heterocycles. The molecule has 0 radical (unpaired) electrons. The third-order valence-corrected chi connectivity index (χ3v) is 2.44. The molecule has 0 fully saturated rings. The molecule has 0 saturated carbocycles. The molecular formula is C11H12F2N4. The van der Waals surface area contributed by atoms with Crippen LogP contribution >= 0.6 is 0 Å². The highest BCUT2D eigenvalue weighted by molar-refractivity contribution is 5.17. The van der Waals surface area contributed by atoms with Crippen LogP contribution in [0.25, 0.3) is 0 Å². The van der Waals surface area contributed by atoms with Crippen molar-refractivity contribution < 1.29 is 8.78 Å². The Morgan fingerprint density at radius 2 is 2.18 bits per heavy atom. The van der Waals surface area contributed by atoms with Crippen molar-refractivity contribution >= 4 is 0 Å². The van der Waals surface area contributed by atoms with Crippen LogP contribution in [0.3, 0.4) is 0 Å². The molecule has 0 aliphatic heterocycles. The minimum atomic E-state index is -0.836.